The number of hydrogen-bond acceptors (Lipinski definition) is 5. The molecule has 4 fully saturated rings. The highest BCUT2D eigenvalue weighted by atomic mass is 16.5. The second kappa shape index (κ2) is 7.44. The fourth-order valence-electron chi connectivity index (χ4n) is 8.37. The predicted molar refractivity (Wildman–Crippen MR) is 111 cm³/mol. The van der Waals surface area contributed by atoms with Crippen molar-refractivity contribution in [2.45, 2.75) is 90.2 Å². The zero-order valence-corrected chi connectivity index (χ0v) is 18.7. The minimum atomic E-state index is -0.510. The van der Waals surface area contributed by atoms with E-state index in [0.29, 0.717) is 17.8 Å². The molecule has 0 aromatic rings. The van der Waals surface area contributed by atoms with E-state index in [4.69, 9.17) is 9.47 Å². The van der Waals surface area contributed by atoms with E-state index in [0.717, 1.165) is 57.8 Å². The van der Waals surface area contributed by atoms with Gasteiger partial charge < -0.3 is 9.47 Å². The van der Waals surface area contributed by atoms with Gasteiger partial charge in [0.2, 0.25) is 0 Å². The van der Waals surface area contributed by atoms with Crippen molar-refractivity contribution < 1.29 is 19.1 Å². The van der Waals surface area contributed by atoms with Crippen LogP contribution >= 0.6 is 0 Å². The van der Waals surface area contributed by atoms with Crippen molar-refractivity contribution in [2.75, 3.05) is 7.11 Å². The summed E-state index contributed by atoms with van der Waals surface area (Å²) >= 11 is 0. The first kappa shape index (κ1) is 21.5. The standard InChI is InChI=1S/C23H35N3O4/c1-14(27)30-16-7-10-21(2)15(13-16)5-6-18-17(21)8-11-22(3)19(20(28)29-4)9-12-23(18,22)25-26-24/h15-19H,5-13H2,1-4H3/t15?,16?,17-,18+,19+,21-,22+,23?/m0/s1. The van der Waals surface area contributed by atoms with Gasteiger partial charge in [-0.15, -0.1) is 0 Å². The number of carbonyl (C=O) groups excluding carboxylic acids is 2. The molecule has 4 aliphatic rings. The Morgan fingerprint density at radius 2 is 1.80 bits per heavy atom. The number of hydrogen-bond donors (Lipinski definition) is 0. The molecule has 166 valence electrons. The smallest absolute Gasteiger partial charge is 0.309 e. The third-order valence-corrected chi connectivity index (χ3v) is 9.85. The summed E-state index contributed by atoms with van der Waals surface area (Å²) in [5.74, 6) is 0.764. The van der Waals surface area contributed by atoms with E-state index in [1.165, 1.54) is 14.0 Å². The number of nitrogens with zero attached hydrogens (tertiary/aromatic N) is 3. The number of azide groups is 1. The Morgan fingerprint density at radius 1 is 1.03 bits per heavy atom. The van der Waals surface area contributed by atoms with E-state index in [9.17, 15) is 15.1 Å². The summed E-state index contributed by atoms with van der Waals surface area (Å²) in [6, 6.07) is 0. The molecule has 0 saturated heterocycles. The van der Waals surface area contributed by atoms with E-state index in [2.05, 4.69) is 23.9 Å². The van der Waals surface area contributed by atoms with Crippen LogP contribution in [0.5, 0.6) is 0 Å². The van der Waals surface area contributed by atoms with Crippen LogP contribution in [0.25, 0.3) is 10.4 Å². The Hall–Kier alpha value is -1.75. The Balaban J connectivity index is 1.66. The topological polar surface area (TPSA) is 101 Å². The lowest BCUT2D eigenvalue weighted by atomic mass is 9.42. The fraction of sp³-hybridized carbons (Fsp3) is 0.913. The first-order chi connectivity index (χ1) is 14.2. The first-order valence-corrected chi connectivity index (χ1v) is 11.5. The lowest BCUT2D eigenvalue weighted by Gasteiger charge is -2.63. The molecular weight excluding hydrogens is 382 g/mol. The molecule has 30 heavy (non-hydrogen) atoms. The zero-order chi connectivity index (χ0) is 21.7. The van der Waals surface area contributed by atoms with E-state index in [1.807, 2.05) is 0 Å². The molecule has 0 amide bonds. The van der Waals surface area contributed by atoms with Crippen LogP contribution in [-0.2, 0) is 19.1 Å². The number of ether oxygens (including phenoxy) is 2. The summed E-state index contributed by atoms with van der Waals surface area (Å²) in [7, 11) is 1.46. The molecule has 0 N–H and O–H groups in total. The molecule has 0 bridgehead atoms. The van der Waals surface area contributed by atoms with E-state index >= 15 is 0 Å². The van der Waals surface area contributed by atoms with Crippen LogP contribution in [0.2, 0.25) is 0 Å². The molecule has 4 saturated carbocycles. The van der Waals surface area contributed by atoms with Crippen molar-refractivity contribution >= 4 is 11.9 Å². The van der Waals surface area contributed by atoms with Crippen LogP contribution in [-0.4, -0.2) is 30.7 Å². The van der Waals surface area contributed by atoms with Crippen LogP contribution in [0.1, 0.15) is 78.6 Å². The molecule has 0 aromatic heterocycles. The summed E-state index contributed by atoms with van der Waals surface area (Å²) in [5, 5.41) is 4.53. The molecule has 0 spiro atoms. The number of methoxy groups -OCH3 is 1. The normalized spacial score (nSPS) is 47.1. The average molecular weight is 418 g/mol. The largest absolute Gasteiger partial charge is 0.469 e. The van der Waals surface area contributed by atoms with Crippen LogP contribution in [0, 0.1) is 34.5 Å². The third kappa shape index (κ3) is 2.88. The molecule has 0 heterocycles. The molecule has 4 rings (SSSR count). The highest BCUT2D eigenvalue weighted by Crippen LogP contribution is 2.70. The quantitative estimate of drug-likeness (QED) is 0.273. The van der Waals surface area contributed by atoms with Gasteiger partial charge in [-0.05, 0) is 91.9 Å². The SMILES string of the molecule is COC(=O)[C@H]1CCC2(N=[N+]=[N-])[C@@H]3CCC4CC(OC(C)=O)CC[C@]4(C)[C@H]3CC[C@]12C. The van der Waals surface area contributed by atoms with Crippen molar-refractivity contribution in [1.29, 1.82) is 0 Å². The number of fused-ring (bicyclic) bond motifs is 5. The van der Waals surface area contributed by atoms with Crippen molar-refractivity contribution in [3.05, 3.63) is 10.4 Å². The van der Waals surface area contributed by atoms with Crippen LogP contribution < -0.4 is 0 Å². The molecule has 7 nitrogen and oxygen atoms in total. The summed E-state index contributed by atoms with van der Waals surface area (Å²) < 4.78 is 10.7. The first-order valence-electron chi connectivity index (χ1n) is 11.5. The second-order valence-electron chi connectivity index (χ2n) is 10.7. The Bertz CT molecular complexity index is 780. The van der Waals surface area contributed by atoms with Crippen LogP contribution in [0.4, 0.5) is 0 Å². The number of esters is 2. The van der Waals surface area contributed by atoms with Crippen molar-refractivity contribution in [3.63, 3.8) is 0 Å². The maximum atomic E-state index is 12.6. The van der Waals surface area contributed by atoms with Gasteiger partial charge in [0.25, 0.3) is 0 Å². The van der Waals surface area contributed by atoms with Gasteiger partial charge in [-0.2, -0.15) is 0 Å². The van der Waals surface area contributed by atoms with Crippen LogP contribution in [0.15, 0.2) is 5.11 Å². The highest BCUT2D eigenvalue weighted by molar-refractivity contribution is 5.74. The number of carbonyl (C=O) groups is 2. The molecule has 3 unspecified atom stereocenters. The molecule has 0 aromatic carbocycles. The Labute approximate surface area is 178 Å². The summed E-state index contributed by atoms with van der Waals surface area (Å²) in [4.78, 5) is 27.4. The minimum absolute atomic E-state index is 0.0345. The second-order valence-corrected chi connectivity index (χ2v) is 10.7. The summed E-state index contributed by atoms with van der Waals surface area (Å²) in [6.07, 6.45) is 8.46. The highest BCUT2D eigenvalue weighted by Gasteiger charge is 2.68. The average Bonchev–Trinajstić information content (AvgIpc) is 3.00. The van der Waals surface area contributed by atoms with Crippen molar-refractivity contribution in [1.82, 2.24) is 0 Å². The zero-order valence-electron chi connectivity index (χ0n) is 18.7. The van der Waals surface area contributed by atoms with Gasteiger partial charge in [-0.25, -0.2) is 0 Å². The minimum Gasteiger partial charge on any atom is -0.469 e. The van der Waals surface area contributed by atoms with Crippen LogP contribution in [0.3, 0.4) is 0 Å². The van der Waals surface area contributed by atoms with Gasteiger partial charge in [-0.3, -0.25) is 9.59 Å². The maximum Gasteiger partial charge on any atom is 0.309 e. The lowest BCUT2D eigenvalue weighted by Crippen LogP contribution is -2.61. The molecule has 4 aliphatic carbocycles. The van der Waals surface area contributed by atoms with Crippen molar-refractivity contribution in [2.24, 2.45) is 39.6 Å². The van der Waals surface area contributed by atoms with Gasteiger partial charge in [0.15, 0.2) is 0 Å². The Morgan fingerprint density at radius 3 is 2.47 bits per heavy atom. The molecule has 0 radical (unpaired) electrons. The summed E-state index contributed by atoms with van der Waals surface area (Å²) in [5.41, 5.74) is 8.87. The maximum absolute atomic E-state index is 12.6. The van der Waals surface area contributed by atoms with E-state index in [1.54, 1.807) is 0 Å². The van der Waals surface area contributed by atoms with Gasteiger partial charge in [0.1, 0.15) is 6.10 Å². The molecular formula is C23H35N3O4. The molecule has 7 heteroatoms. The van der Waals surface area contributed by atoms with Gasteiger partial charge in [0, 0.05) is 11.8 Å². The Kier molecular flexibility index (Phi) is 5.32. The van der Waals surface area contributed by atoms with E-state index < -0.39 is 5.54 Å². The fourth-order valence-corrected chi connectivity index (χ4v) is 8.37. The lowest BCUT2D eigenvalue weighted by molar-refractivity contribution is -0.167. The van der Waals surface area contributed by atoms with E-state index in [-0.39, 0.29) is 34.8 Å². The third-order valence-electron chi connectivity index (χ3n) is 9.85. The number of rotatable bonds is 3. The van der Waals surface area contributed by atoms with Gasteiger partial charge >= 0.3 is 11.9 Å². The molecule has 0 aliphatic heterocycles. The summed E-state index contributed by atoms with van der Waals surface area (Å²) in [6.45, 7) is 6.07. The van der Waals surface area contributed by atoms with Gasteiger partial charge in [0.05, 0.1) is 18.6 Å². The molecule has 8 atom stereocenters. The van der Waals surface area contributed by atoms with Gasteiger partial charge in [-0.1, -0.05) is 19.0 Å². The predicted octanol–water partition coefficient (Wildman–Crippen LogP) is 5.18. The monoisotopic (exact) mass is 417 g/mol. The van der Waals surface area contributed by atoms with Crippen molar-refractivity contribution in [3.8, 4) is 0 Å².